The van der Waals surface area contributed by atoms with Gasteiger partial charge in [-0.05, 0) is 31.2 Å². The zero-order valence-electron chi connectivity index (χ0n) is 12.3. The third kappa shape index (κ3) is 3.00. The van der Waals surface area contributed by atoms with Crippen molar-refractivity contribution < 1.29 is 23.1 Å². The molecular weight excluding hydrogens is 340 g/mol. The molecule has 0 spiro atoms. The molecule has 1 saturated heterocycles. The van der Waals surface area contributed by atoms with Crippen molar-refractivity contribution >= 4 is 33.2 Å². The van der Waals surface area contributed by atoms with Crippen LogP contribution in [0.3, 0.4) is 0 Å². The standard InChI is InChI=1S/C14H18N2O5S2/c15-23(20,21)12-6-9(7-22-12)13(17)16-10-4-2-1-3-8(10)5-11(16)14(18)19/h6-8,10-11H,1-5H2,(H,18,19)(H2,15,20,21)/t8-,10-,11-/m0/s1. The molecule has 1 aromatic rings. The smallest absolute Gasteiger partial charge is 0.326 e. The first-order valence-corrected chi connectivity index (χ1v) is 9.88. The number of carboxylic acids is 1. The molecule has 1 aromatic heterocycles. The van der Waals surface area contributed by atoms with Gasteiger partial charge in [0, 0.05) is 11.4 Å². The average Bonchev–Trinajstić information content (AvgIpc) is 3.11. The molecule has 2 fully saturated rings. The third-order valence-corrected chi connectivity index (χ3v) is 7.10. The van der Waals surface area contributed by atoms with Crippen LogP contribution in [-0.4, -0.2) is 42.4 Å². The largest absolute Gasteiger partial charge is 0.480 e. The van der Waals surface area contributed by atoms with Gasteiger partial charge in [-0.3, -0.25) is 4.79 Å². The van der Waals surface area contributed by atoms with E-state index in [2.05, 4.69) is 0 Å². The minimum atomic E-state index is -3.86. The lowest BCUT2D eigenvalue weighted by molar-refractivity contribution is -0.141. The maximum Gasteiger partial charge on any atom is 0.326 e. The highest BCUT2D eigenvalue weighted by Crippen LogP contribution is 2.40. The number of carboxylic acid groups (broad SMARTS) is 1. The summed E-state index contributed by atoms with van der Waals surface area (Å²) < 4.78 is 22.6. The number of fused-ring (bicyclic) bond motifs is 1. The van der Waals surface area contributed by atoms with Crippen molar-refractivity contribution in [3.05, 3.63) is 17.0 Å². The zero-order chi connectivity index (χ0) is 16.8. The number of thiophene rings is 1. The maximum atomic E-state index is 12.8. The summed E-state index contributed by atoms with van der Waals surface area (Å²) in [5.74, 6) is -1.21. The van der Waals surface area contributed by atoms with Crippen LogP contribution in [0.2, 0.25) is 0 Å². The van der Waals surface area contributed by atoms with Gasteiger partial charge in [0.05, 0.1) is 5.56 Å². The molecule has 0 unspecified atom stereocenters. The van der Waals surface area contributed by atoms with Crippen LogP contribution < -0.4 is 5.14 Å². The number of nitrogens with two attached hydrogens (primary N) is 1. The number of carbonyl (C=O) groups is 2. The molecule has 0 bridgehead atoms. The summed E-state index contributed by atoms with van der Waals surface area (Å²) in [6, 6.07) is 0.320. The Hall–Kier alpha value is -1.45. The van der Waals surface area contributed by atoms with Crippen molar-refractivity contribution in [3.63, 3.8) is 0 Å². The number of hydrogen-bond donors (Lipinski definition) is 2. The number of sulfonamides is 1. The first-order valence-electron chi connectivity index (χ1n) is 7.46. The molecule has 3 N–H and O–H groups in total. The van der Waals surface area contributed by atoms with Crippen LogP contribution in [0.4, 0.5) is 0 Å². The second-order valence-electron chi connectivity index (χ2n) is 6.11. The molecule has 1 saturated carbocycles. The Labute approximate surface area is 138 Å². The fourth-order valence-corrected chi connectivity index (χ4v) is 5.28. The quantitative estimate of drug-likeness (QED) is 0.843. The molecule has 9 heteroatoms. The lowest BCUT2D eigenvalue weighted by Crippen LogP contribution is -2.46. The van der Waals surface area contributed by atoms with E-state index in [1.165, 1.54) is 16.3 Å². The van der Waals surface area contributed by atoms with E-state index < -0.39 is 27.9 Å². The van der Waals surface area contributed by atoms with Gasteiger partial charge in [0.15, 0.2) is 0 Å². The van der Waals surface area contributed by atoms with Crippen molar-refractivity contribution in [1.29, 1.82) is 0 Å². The third-order valence-electron chi connectivity index (χ3n) is 4.71. The zero-order valence-corrected chi connectivity index (χ0v) is 14.0. The van der Waals surface area contributed by atoms with E-state index in [0.717, 1.165) is 37.0 Å². The Kier molecular flexibility index (Phi) is 4.19. The number of likely N-dealkylation sites (tertiary alicyclic amines) is 1. The number of nitrogens with zero attached hydrogens (tertiary/aromatic N) is 1. The fraction of sp³-hybridized carbons (Fsp3) is 0.571. The van der Waals surface area contributed by atoms with Crippen LogP contribution in [0.1, 0.15) is 42.5 Å². The Morgan fingerprint density at radius 2 is 2.00 bits per heavy atom. The molecule has 1 aliphatic heterocycles. The van der Waals surface area contributed by atoms with Gasteiger partial charge in [0.1, 0.15) is 10.3 Å². The van der Waals surface area contributed by atoms with E-state index in [1.54, 1.807) is 0 Å². The normalized spacial score (nSPS) is 27.7. The van der Waals surface area contributed by atoms with Crippen LogP contribution in [0.25, 0.3) is 0 Å². The summed E-state index contributed by atoms with van der Waals surface area (Å²) in [6.07, 6.45) is 4.24. The number of aliphatic carboxylic acids is 1. The van der Waals surface area contributed by atoms with Crippen molar-refractivity contribution in [2.24, 2.45) is 11.1 Å². The SMILES string of the molecule is NS(=O)(=O)c1cc(C(=O)N2[C@H](C(=O)O)C[C@@H]3CCCC[C@@H]32)cs1. The molecule has 126 valence electrons. The average molecular weight is 358 g/mol. The number of hydrogen-bond acceptors (Lipinski definition) is 5. The van der Waals surface area contributed by atoms with Gasteiger partial charge in [-0.1, -0.05) is 12.8 Å². The Balaban J connectivity index is 1.92. The highest BCUT2D eigenvalue weighted by atomic mass is 32.2. The van der Waals surface area contributed by atoms with Gasteiger partial charge in [-0.25, -0.2) is 18.4 Å². The van der Waals surface area contributed by atoms with Gasteiger partial charge in [0.2, 0.25) is 10.0 Å². The Morgan fingerprint density at radius 1 is 1.30 bits per heavy atom. The summed E-state index contributed by atoms with van der Waals surface area (Å²) in [7, 11) is -3.86. The van der Waals surface area contributed by atoms with E-state index in [1.807, 2.05) is 0 Å². The molecule has 3 rings (SSSR count). The highest BCUT2D eigenvalue weighted by molar-refractivity contribution is 7.91. The summed E-state index contributed by atoms with van der Waals surface area (Å²) in [6.45, 7) is 0. The van der Waals surface area contributed by atoms with Crippen molar-refractivity contribution in [2.75, 3.05) is 0 Å². The van der Waals surface area contributed by atoms with E-state index in [0.29, 0.717) is 6.42 Å². The second kappa shape index (κ2) is 5.88. The summed E-state index contributed by atoms with van der Waals surface area (Å²) in [4.78, 5) is 25.8. The van der Waals surface area contributed by atoms with Crippen molar-refractivity contribution in [2.45, 2.75) is 48.4 Å². The summed E-state index contributed by atoms with van der Waals surface area (Å²) >= 11 is 0.875. The second-order valence-corrected chi connectivity index (χ2v) is 8.81. The molecule has 0 aromatic carbocycles. The first kappa shape index (κ1) is 16.4. The molecule has 23 heavy (non-hydrogen) atoms. The van der Waals surface area contributed by atoms with Gasteiger partial charge in [-0.2, -0.15) is 0 Å². The van der Waals surface area contributed by atoms with Gasteiger partial charge >= 0.3 is 5.97 Å². The number of carbonyl (C=O) groups excluding carboxylic acids is 1. The van der Waals surface area contributed by atoms with Gasteiger partial charge < -0.3 is 10.0 Å². The monoisotopic (exact) mass is 358 g/mol. The number of primary sulfonamides is 1. The number of rotatable bonds is 3. The van der Waals surface area contributed by atoms with Crippen LogP contribution in [-0.2, 0) is 14.8 Å². The summed E-state index contributed by atoms with van der Waals surface area (Å²) in [5.41, 5.74) is 0.191. The highest BCUT2D eigenvalue weighted by Gasteiger charge is 2.47. The number of amides is 1. The first-order chi connectivity index (χ1) is 10.8. The van der Waals surface area contributed by atoms with Gasteiger partial charge in [-0.15, -0.1) is 11.3 Å². The Morgan fingerprint density at radius 3 is 2.61 bits per heavy atom. The predicted molar refractivity (Wildman–Crippen MR) is 83.6 cm³/mol. The molecule has 1 aliphatic carbocycles. The van der Waals surface area contributed by atoms with E-state index in [9.17, 15) is 23.1 Å². The van der Waals surface area contributed by atoms with E-state index >= 15 is 0 Å². The predicted octanol–water partition coefficient (Wildman–Crippen LogP) is 1.25. The van der Waals surface area contributed by atoms with Crippen LogP contribution in [0.15, 0.2) is 15.7 Å². The molecular formula is C14H18N2O5S2. The van der Waals surface area contributed by atoms with Crippen LogP contribution in [0, 0.1) is 5.92 Å². The van der Waals surface area contributed by atoms with Crippen molar-refractivity contribution in [3.8, 4) is 0 Å². The van der Waals surface area contributed by atoms with E-state index in [4.69, 9.17) is 5.14 Å². The lowest BCUT2D eigenvalue weighted by atomic mass is 9.84. The topological polar surface area (TPSA) is 118 Å². The Bertz CT molecular complexity index is 742. The summed E-state index contributed by atoms with van der Waals surface area (Å²) in [5, 5.41) is 16.0. The van der Waals surface area contributed by atoms with Crippen LogP contribution >= 0.6 is 11.3 Å². The maximum absolute atomic E-state index is 12.8. The minimum absolute atomic E-state index is 0.0739. The van der Waals surface area contributed by atoms with Crippen LogP contribution in [0.5, 0.6) is 0 Å². The lowest BCUT2D eigenvalue weighted by Gasteiger charge is -2.32. The van der Waals surface area contributed by atoms with Crippen molar-refractivity contribution in [1.82, 2.24) is 4.90 Å². The minimum Gasteiger partial charge on any atom is -0.480 e. The molecule has 0 radical (unpaired) electrons. The molecule has 1 amide bonds. The van der Waals surface area contributed by atoms with E-state index in [-0.39, 0.29) is 21.7 Å². The molecule has 2 heterocycles. The fourth-order valence-electron chi connectivity index (χ4n) is 3.70. The molecule has 3 atom stereocenters. The molecule has 2 aliphatic rings. The molecule has 7 nitrogen and oxygen atoms in total. The van der Waals surface area contributed by atoms with Gasteiger partial charge in [0.25, 0.3) is 5.91 Å².